The molecule has 57 heavy (non-hydrogen) atoms. The van der Waals surface area contributed by atoms with Gasteiger partial charge in [-0.05, 0) is 134 Å². The van der Waals surface area contributed by atoms with Gasteiger partial charge in [-0.25, -0.2) is 4.58 Å². The highest BCUT2D eigenvalue weighted by atomic mass is 32.2. The third-order valence-corrected chi connectivity index (χ3v) is 11.3. The molecule has 0 saturated heterocycles. The first kappa shape index (κ1) is 40.9. The highest BCUT2D eigenvalue weighted by Gasteiger charge is 2.18. The van der Waals surface area contributed by atoms with Crippen LogP contribution in [0.2, 0.25) is 0 Å². The van der Waals surface area contributed by atoms with Gasteiger partial charge in [0.15, 0.2) is 12.3 Å². The first-order valence-corrected chi connectivity index (χ1v) is 21.5. The van der Waals surface area contributed by atoms with E-state index < -0.39 is 20.2 Å². The maximum Gasteiger partial charge on any atom is 0.294 e. The van der Waals surface area contributed by atoms with Crippen molar-refractivity contribution in [1.29, 1.82) is 0 Å². The summed E-state index contributed by atoms with van der Waals surface area (Å²) in [7, 11) is -8.57. The number of nitrogens with zero attached hydrogens (tertiary/aromatic N) is 2. The molecule has 0 bridgehead atoms. The van der Waals surface area contributed by atoms with Crippen molar-refractivity contribution in [1.82, 2.24) is 0 Å². The molecule has 5 aromatic rings. The summed E-state index contributed by atoms with van der Waals surface area (Å²) in [6, 6.07) is 37.1. The predicted octanol–water partition coefficient (Wildman–Crippen LogP) is 8.95. The lowest BCUT2D eigenvalue weighted by Crippen LogP contribution is -2.22. The Hall–Kier alpha value is -5.79. The summed E-state index contributed by atoms with van der Waals surface area (Å²) in [4.78, 5) is 1.92. The average molecular weight is 805 g/mol. The van der Waals surface area contributed by atoms with E-state index in [-0.39, 0.29) is 9.79 Å². The highest BCUT2D eigenvalue weighted by Crippen LogP contribution is 2.33. The fraction of sp³-hybridized carbons (Fsp3) is 0.178. The summed E-state index contributed by atoms with van der Waals surface area (Å²) in [5, 5.41) is 3.47. The molecular weight excluding hydrogens is 759 g/mol. The lowest BCUT2D eigenvalue weighted by Gasteiger charge is -2.24. The van der Waals surface area contributed by atoms with E-state index in [0.29, 0.717) is 32.8 Å². The molecule has 0 radical (unpaired) electrons. The zero-order valence-corrected chi connectivity index (χ0v) is 33.7. The molecule has 12 heteroatoms. The van der Waals surface area contributed by atoms with E-state index in [1.807, 2.05) is 44.2 Å². The van der Waals surface area contributed by atoms with Crippen LogP contribution in [0.3, 0.4) is 0 Å². The predicted molar refractivity (Wildman–Crippen MR) is 227 cm³/mol. The normalized spacial score (nSPS) is 12.7. The van der Waals surface area contributed by atoms with Crippen LogP contribution in [0.25, 0.3) is 5.57 Å². The number of benzene rings is 5. The number of rotatable bonds is 15. The van der Waals surface area contributed by atoms with Crippen LogP contribution in [0.4, 0.5) is 17.1 Å². The highest BCUT2D eigenvalue weighted by molar-refractivity contribution is 7.86. The van der Waals surface area contributed by atoms with Gasteiger partial charge >= 0.3 is 0 Å². The number of ether oxygens (including phenoxy) is 1. The quantitative estimate of drug-likeness (QED) is 0.0700. The Bertz CT molecular complexity index is 2530. The summed E-state index contributed by atoms with van der Waals surface area (Å²) < 4.78 is 73.3. The van der Waals surface area contributed by atoms with Crippen LogP contribution in [-0.2, 0) is 33.3 Å². The van der Waals surface area contributed by atoms with Crippen LogP contribution in [-0.4, -0.2) is 55.9 Å². The molecule has 0 aromatic heterocycles. The maximum atomic E-state index is 11.8. The Kier molecular flexibility index (Phi) is 12.9. The second kappa shape index (κ2) is 18.0. The van der Waals surface area contributed by atoms with Crippen molar-refractivity contribution in [2.45, 2.75) is 43.7 Å². The first-order valence-electron chi connectivity index (χ1n) is 18.7. The van der Waals surface area contributed by atoms with Gasteiger partial charge in [0.25, 0.3) is 20.2 Å². The van der Waals surface area contributed by atoms with Gasteiger partial charge in [0, 0.05) is 47.9 Å². The van der Waals surface area contributed by atoms with E-state index in [1.54, 1.807) is 18.2 Å². The van der Waals surface area contributed by atoms with Gasteiger partial charge in [-0.3, -0.25) is 9.11 Å². The number of hydrogen-bond acceptors (Lipinski definition) is 7. The van der Waals surface area contributed by atoms with Crippen molar-refractivity contribution in [2.75, 3.05) is 29.9 Å². The number of nitrogens with one attached hydrogen (secondary N) is 1. The topological polar surface area (TPSA) is 136 Å². The zero-order valence-electron chi connectivity index (χ0n) is 32.0. The Balaban J connectivity index is 1.31. The van der Waals surface area contributed by atoms with E-state index in [2.05, 4.69) is 94.6 Å². The monoisotopic (exact) mass is 804 g/mol. The second-order valence-corrected chi connectivity index (χ2v) is 16.2. The minimum Gasteiger partial charge on any atom is -0.494 e. The van der Waals surface area contributed by atoms with Crippen molar-refractivity contribution < 1.29 is 35.3 Å². The van der Waals surface area contributed by atoms with Gasteiger partial charge < -0.3 is 15.0 Å². The van der Waals surface area contributed by atoms with Gasteiger partial charge in [0.05, 0.1) is 16.4 Å². The lowest BCUT2D eigenvalue weighted by atomic mass is 9.90. The Morgan fingerprint density at radius 3 is 1.79 bits per heavy atom. The van der Waals surface area contributed by atoms with Crippen LogP contribution in [0, 0.1) is 0 Å². The van der Waals surface area contributed by atoms with Crippen molar-refractivity contribution >= 4 is 48.6 Å². The van der Waals surface area contributed by atoms with Gasteiger partial charge in [0.1, 0.15) is 12.3 Å². The third-order valence-electron chi connectivity index (χ3n) is 9.60. The standard InChI is InChI=1S/C45H45N3O7S2/c1-4-47(31-33-10-28-43(29-11-33)56(49,50)51)40-22-14-36(15-23-40)45(35-12-18-38(19-13-35)46-39-20-26-42(27-21-39)55-6-3)37-16-24-41(25-17-37)48(5-2)32-34-8-7-9-44(30-34)57(52,53)54/h7-30H,4-6,31-32H2,1-3H3,(H2,49,50,51,52,53,54)/p+1. The van der Waals surface area contributed by atoms with E-state index in [9.17, 15) is 25.9 Å². The third kappa shape index (κ3) is 10.5. The molecule has 1 aliphatic rings. The summed E-state index contributed by atoms with van der Waals surface area (Å²) in [6.07, 6.45) is 8.31. The van der Waals surface area contributed by atoms with E-state index in [4.69, 9.17) is 4.74 Å². The lowest BCUT2D eigenvalue weighted by molar-refractivity contribution is -0.539. The zero-order chi connectivity index (χ0) is 40.6. The summed E-state index contributed by atoms with van der Waals surface area (Å²) in [5.41, 5.74) is 9.60. The largest absolute Gasteiger partial charge is 0.494 e. The molecule has 5 aromatic carbocycles. The molecule has 0 heterocycles. The molecular formula is C45H46N3O7S2+. The summed E-state index contributed by atoms with van der Waals surface area (Å²) in [5.74, 6) is 0.819. The Morgan fingerprint density at radius 1 is 0.667 bits per heavy atom. The van der Waals surface area contributed by atoms with E-state index >= 15 is 0 Å². The van der Waals surface area contributed by atoms with E-state index in [0.717, 1.165) is 61.9 Å². The SMILES string of the molecule is CCOc1ccc(Nc2ccc(C(=C3C=CC(=[N+](CC)Cc4cccc(S(=O)(=O)O)c4)C=C3)c3ccc(N(CC)Cc4ccc(S(=O)(=O)O)cc4)cc3)cc2)cc1. The fourth-order valence-electron chi connectivity index (χ4n) is 6.65. The minimum atomic E-state index is -4.31. The van der Waals surface area contributed by atoms with Crippen molar-refractivity contribution in [3.63, 3.8) is 0 Å². The van der Waals surface area contributed by atoms with Crippen molar-refractivity contribution in [3.05, 3.63) is 173 Å². The molecule has 10 nitrogen and oxygen atoms in total. The number of hydrogen-bond donors (Lipinski definition) is 3. The van der Waals surface area contributed by atoms with Crippen molar-refractivity contribution in [2.24, 2.45) is 0 Å². The van der Waals surface area contributed by atoms with Gasteiger partial charge in [-0.15, -0.1) is 0 Å². The van der Waals surface area contributed by atoms with Crippen LogP contribution in [0.15, 0.2) is 161 Å². The van der Waals surface area contributed by atoms with Gasteiger partial charge in [0.2, 0.25) is 0 Å². The van der Waals surface area contributed by atoms with Gasteiger partial charge in [-0.2, -0.15) is 16.8 Å². The fourth-order valence-corrected chi connectivity index (χ4v) is 7.68. The van der Waals surface area contributed by atoms with Crippen LogP contribution in [0.5, 0.6) is 5.75 Å². The Morgan fingerprint density at radius 2 is 1.25 bits per heavy atom. The molecule has 1 aliphatic carbocycles. The first-order chi connectivity index (χ1) is 27.3. The number of anilines is 3. The molecule has 0 atom stereocenters. The minimum absolute atomic E-state index is 0.131. The molecule has 0 spiro atoms. The Labute approximate surface area is 335 Å². The van der Waals surface area contributed by atoms with Crippen LogP contribution in [0.1, 0.15) is 43.0 Å². The van der Waals surface area contributed by atoms with Crippen LogP contribution < -0.4 is 15.0 Å². The molecule has 6 rings (SSSR count). The smallest absolute Gasteiger partial charge is 0.294 e. The van der Waals surface area contributed by atoms with E-state index in [1.165, 1.54) is 24.3 Å². The molecule has 0 unspecified atom stereocenters. The number of allylic oxidation sites excluding steroid dienone is 5. The second-order valence-electron chi connectivity index (χ2n) is 13.4. The molecule has 0 aliphatic heterocycles. The summed E-state index contributed by atoms with van der Waals surface area (Å²) >= 11 is 0. The van der Waals surface area contributed by atoms with Gasteiger partial charge in [-0.1, -0.05) is 48.5 Å². The molecule has 0 fully saturated rings. The molecule has 294 valence electrons. The molecule has 0 amide bonds. The average Bonchev–Trinajstić information content (AvgIpc) is 3.21. The molecule has 3 N–H and O–H groups in total. The van der Waals surface area contributed by atoms with Crippen LogP contribution >= 0.6 is 0 Å². The maximum absolute atomic E-state index is 11.8. The molecule has 0 saturated carbocycles. The summed E-state index contributed by atoms with van der Waals surface area (Å²) in [6.45, 7) is 9.07. The van der Waals surface area contributed by atoms with Crippen molar-refractivity contribution in [3.8, 4) is 5.75 Å².